The molecule has 5 heteroatoms. The van der Waals surface area contributed by atoms with E-state index in [1.807, 2.05) is 11.0 Å². The van der Waals surface area contributed by atoms with Crippen LogP contribution in [0.5, 0.6) is 0 Å². The van der Waals surface area contributed by atoms with Gasteiger partial charge >= 0.3 is 0 Å². The lowest BCUT2D eigenvalue weighted by Crippen LogP contribution is -2.47. The minimum atomic E-state index is -0.141. The number of hydrogen-bond donors (Lipinski definition) is 1. The van der Waals surface area contributed by atoms with Crippen molar-refractivity contribution in [2.75, 3.05) is 31.1 Å². The first-order valence-electron chi connectivity index (χ1n) is 10.6. The molecule has 2 saturated heterocycles. The molecule has 1 N–H and O–H groups in total. The van der Waals surface area contributed by atoms with Crippen LogP contribution in [-0.4, -0.2) is 48.9 Å². The smallest absolute Gasteiger partial charge is 0.226 e. The van der Waals surface area contributed by atoms with Gasteiger partial charge in [0.05, 0.1) is 0 Å². The molecule has 0 radical (unpaired) electrons. The lowest BCUT2D eigenvalue weighted by Gasteiger charge is -2.33. The van der Waals surface area contributed by atoms with E-state index in [0.29, 0.717) is 0 Å². The number of para-hydroxylation sites is 1. The maximum absolute atomic E-state index is 13.0. The van der Waals surface area contributed by atoms with E-state index < -0.39 is 0 Å². The number of amides is 2. The maximum atomic E-state index is 13.0. The van der Waals surface area contributed by atoms with Crippen LogP contribution in [0.2, 0.25) is 0 Å². The van der Waals surface area contributed by atoms with Crippen molar-refractivity contribution in [3.05, 3.63) is 30.3 Å². The zero-order chi connectivity index (χ0) is 18.6. The molecule has 5 nitrogen and oxygen atoms in total. The van der Waals surface area contributed by atoms with Gasteiger partial charge in [0.2, 0.25) is 11.8 Å². The van der Waals surface area contributed by atoms with Crippen molar-refractivity contribution in [2.24, 2.45) is 11.8 Å². The van der Waals surface area contributed by atoms with Crippen LogP contribution in [0, 0.1) is 11.8 Å². The molecule has 1 aromatic carbocycles. The van der Waals surface area contributed by atoms with E-state index in [4.69, 9.17) is 0 Å². The van der Waals surface area contributed by atoms with Gasteiger partial charge in [-0.2, -0.15) is 0 Å². The third-order valence-electron chi connectivity index (χ3n) is 6.49. The van der Waals surface area contributed by atoms with Gasteiger partial charge in [-0.25, -0.2) is 0 Å². The molecule has 2 amide bonds. The average molecular weight is 370 g/mol. The molecule has 146 valence electrons. The molecule has 4 rings (SSSR count). The van der Waals surface area contributed by atoms with Gasteiger partial charge in [-0.1, -0.05) is 31.0 Å². The second-order valence-corrected chi connectivity index (χ2v) is 8.31. The Balaban J connectivity index is 1.36. The van der Waals surface area contributed by atoms with Crippen LogP contribution >= 0.6 is 0 Å². The van der Waals surface area contributed by atoms with Crippen LogP contribution in [0.25, 0.3) is 0 Å². The summed E-state index contributed by atoms with van der Waals surface area (Å²) in [6.07, 6.45) is 7.03. The van der Waals surface area contributed by atoms with E-state index in [1.165, 1.54) is 5.69 Å². The fourth-order valence-corrected chi connectivity index (χ4v) is 4.97. The summed E-state index contributed by atoms with van der Waals surface area (Å²) in [4.78, 5) is 30.3. The van der Waals surface area contributed by atoms with Gasteiger partial charge in [-0.15, -0.1) is 0 Å². The number of hydrogen-bond acceptors (Lipinski definition) is 3. The van der Waals surface area contributed by atoms with Crippen molar-refractivity contribution >= 4 is 17.5 Å². The molecule has 1 saturated carbocycles. The zero-order valence-corrected chi connectivity index (χ0v) is 16.1. The van der Waals surface area contributed by atoms with Gasteiger partial charge in [0.15, 0.2) is 0 Å². The van der Waals surface area contributed by atoms with Crippen molar-refractivity contribution in [3.8, 4) is 0 Å². The van der Waals surface area contributed by atoms with Crippen LogP contribution in [0.4, 0.5) is 5.69 Å². The predicted octanol–water partition coefficient (Wildman–Crippen LogP) is 2.81. The number of carbonyl (C=O) groups is 2. The fraction of sp³-hybridized carbons (Fsp3) is 0.636. The minimum absolute atomic E-state index is 0.104. The first-order valence-corrected chi connectivity index (χ1v) is 10.6. The Bertz CT molecular complexity index is 657. The second-order valence-electron chi connectivity index (χ2n) is 8.31. The van der Waals surface area contributed by atoms with Crippen LogP contribution in [-0.2, 0) is 9.59 Å². The monoisotopic (exact) mass is 369 g/mol. The first kappa shape index (κ1) is 18.3. The lowest BCUT2D eigenvalue weighted by molar-refractivity contribution is -0.143. The summed E-state index contributed by atoms with van der Waals surface area (Å²) in [5, 5.41) is 3.27. The van der Waals surface area contributed by atoms with Gasteiger partial charge in [0, 0.05) is 49.7 Å². The second kappa shape index (κ2) is 8.32. The SMILES string of the molecule is O=C(NC1CCN(c2ccccc2)C1)C1CCCCC1C(=O)N1CCCC1. The van der Waals surface area contributed by atoms with E-state index in [9.17, 15) is 9.59 Å². The fourth-order valence-electron chi connectivity index (χ4n) is 4.97. The largest absolute Gasteiger partial charge is 0.369 e. The standard InChI is InChI=1S/C22H31N3O2/c26-21(23-17-12-15-25(16-17)18-8-2-1-3-9-18)19-10-4-5-11-20(19)22(27)24-13-6-7-14-24/h1-3,8-9,17,19-20H,4-7,10-16H2,(H,23,26). The van der Waals surface area contributed by atoms with E-state index in [0.717, 1.165) is 71.1 Å². The lowest BCUT2D eigenvalue weighted by atomic mass is 9.77. The van der Waals surface area contributed by atoms with E-state index in [1.54, 1.807) is 0 Å². The third-order valence-corrected chi connectivity index (χ3v) is 6.49. The Hall–Kier alpha value is -2.04. The Morgan fingerprint density at radius 2 is 1.56 bits per heavy atom. The maximum Gasteiger partial charge on any atom is 0.226 e. The van der Waals surface area contributed by atoms with Crippen molar-refractivity contribution in [1.29, 1.82) is 0 Å². The van der Waals surface area contributed by atoms with Gasteiger partial charge in [0.1, 0.15) is 0 Å². The molecule has 0 aromatic heterocycles. The molecule has 3 unspecified atom stereocenters. The Kier molecular flexibility index (Phi) is 5.65. The number of nitrogens with one attached hydrogen (secondary N) is 1. The zero-order valence-electron chi connectivity index (χ0n) is 16.1. The van der Waals surface area contributed by atoms with E-state index in [-0.39, 0.29) is 29.7 Å². The van der Waals surface area contributed by atoms with Gasteiger partial charge in [-0.3, -0.25) is 9.59 Å². The van der Waals surface area contributed by atoms with Crippen molar-refractivity contribution in [1.82, 2.24) is 10.2 Å². The predicted molar refractivity (Wildman–Crippen MR) is 106 cm³/mol. The summed E-state index contributed by atoms with van der Waals surface area (Å²) in [6.45, 7) is 3.57. The molecule has 3 aliphatic rings. The number of rotatable bonds is 4. The molecular weight excluding hydrogens is 338 g/mol. The number of likely N-dealkylation sites (tertiary alicyclic amines) is 1. The van der Waals surface area contributed by atoms with E-state index >= 15 is 0 Å². The van der Waals surface area contributed by atoms with Crippen molar-refractivity contribution < 1.29 is 9.59 Å². The highest BCUT2D eigenvalue weighted by molar-refractivity contribution is 5.88. The van der Waals surface area contributed by atoms with Crippen LogP contribution in [0.15, 0.2) is 30.3 Å². The van der Waals surface area contributed by atoms with Crippen molar-refractivity contribution in [2.45, 2.75) is 51.0 Å². The first-order chi connectivity index (χ1) is 13.2. The quantitative estimate of drug-likeness (QED) is 0.888. The van der Waals surface area contributed by atoms with Crippen LogP contribution in [0.3, 0.4) is 0 Å². The number of carbonyl (C=O) groups excluding carboxylic acids is 2. The van der Waals surface area contributed by atoms with Gasteiger partial charge in [-0.05, 0) is 44.2 Å². The minimum Gasteiger partial charge on any atom is -0.369 e. The molecule has 1 aliphatic carbocycles. The highest BCUT2D eigenvalue weighted by atomic mass is 16.2. The summed E-state index contributed by atoms with van der Waals surface area (Å²) in [6, 6.07) is 10.6. The molecule has 2 heterocycles. The normalized spacial score (nSPS) is 28.4. The number of benzene rings is 1. The molecule has 2 aliphatic heterocycles. The molecule has 27 heavy (non-hydrogen) atoms. The number of nitrogens with zero attached hydrogens (tertiary/aromatic N) is 2. The summed E-state index contributed by atoms with van der Waals surface area (Å²) in [5.74, 6) is 0.0814. The summed E-state index contributed by atoms with van der Waals surface area (Å²) < 4.78 is 0. The molecule has 0 bridgehead atoms. The summed E-state index contributed by atoms with van der Waals surface area (Å²) in [7, 11) is 0. The molecular formula is C22H31N3O2. The van der Waals surface area contributed by atoms with E-state index in [2.05, 4.69) is 34.5 Å². The topological polar surface area (TPSA) is 52.7 Å². The Labute approximate surface area is 162 Å². The Morgan fingerprint density at radius 1 is 0.852 bits per heavy atom. The highest BCUT2D eigenvalue weighted by Crippen LogP contribution is 2.33. The van der Waals surface area contributed by atoms with Crippen LogP contribution in [0.1, 0.15) is 44.9 Å². The number of anilines is 1. The summed E-state index contributed by atoms with van der Waals surface area (Å²) in [5.41, 5.74) is 1.22. The summed E-state index contributed by atoms with van der Waals surface area (Å²) >= 11 is 0. The highest BCUT2D eigenvalue weighted by Gasteiger charge is 2.39. The van der Waals surface area contributed by atoms with Crippen molar-refractivity contribution in [3.63, 3.8) is 0 Å². The molecule has 3 fully saturated rings. The Morgan fingerprint density at radius 3 is 2.30 bits per heavy atom. The van der Waals surface area contributed by atoms with Gasteiger partial charge in [0.25, 0.3) is 0 Å². The molecule has 3 atom stereocenters. The average Bonchev–Trinajstić information content (AvgIpc) is 3.40. The van der Waals surface area contributed by atoms with Gasteiger partial charge < -0.3 is 15.1 Å². The molecule has 0 spiro atoms. The van der Waals surface area contributed by atoms with Crippen LogP contribution < -0.4 is 10.2 Å². The third kappa shape index (κ3) is 4.12. The molecule has 1 aromatic rings.